The number of nitrogens with one attached hydrogen (secondary N) is 2. The van der Waals surface area contributed by atoms with Gasteiger partial charge in [-0.15, -0.1) is 0 Å². The topological polar surface area (TPSA) is 131 Å². The SMILES string of the molecule is COc1ncc(C)c2[nH]c(=O)c(N)c(-c3ccc(F)c(N)c3C=N)c12. The number of aromatic nitrogens is 2. The Kier molecular flexibility index (Phi) is 3.88. The van der Waals surface area contributed by atoms with Crippen LogP contribution in [0.2, 0.25) is 0 Å². The lowest BCUT2D eigenvalue weighted by Crippen LogP contribution is -2.15. The highest BCUT2D eigenvalue weighted by Crippen LogP contribution is 2.39. The number of H-pyrrole nitrogens is 1. The van der Waals surface area contributed by atoms with E-state index in [-0.39, 0.29) is 22.8 Å². The fourth-order valence-corrected chi connectivity index (χ4v) is 2.83. The van der Waals surface area contributed by atoms with Crippen molar-refractivity contribution in [1.82, 2.24) is 9.97 Å². The summed E-state index contributed by atoms with van der Waals surface area (Å²) in [5.74, 6) is -0.409. The first-order chi connectivity index (χ1) is 11.9. The lowest BCUT2D eigenvalue weighted by atomic mass is 9.94. The number of halogens is 1. The molecule has 0 spiro atoms. The van der Waals surface area contributed by atoms with Gasteiger partial charge in [0.05, 0.1) is 23.7 Å². The molecule has 0 saturated carbocycles. The molecule has 7 nitrogen and oxygen atoms in total. The van der Waals surface area contributed by atoms with Crippen LogP contribution in [0.5, 0.6) is 5.88 Å². The number of nitrogen functional groups attached to an aromatic ring is 2. The van der Waals surface area contributed by atoms with Gasteiger partial charge < -0.3 is 26.6 Å². The second-order valence-electron chi connectivity index (χ2n) is 5.51. The van der Waals surface area contributed by atoms with Gasteiger partial charge >= 0.3 is 0 Å². The van der Waals surface area contributed by atoms with Crippen molar-refractivity contribution in [3.05, 3.63) is 45.6 Å². The van der Waals surface area contributed by atoms with Crippen molar-refractivity contribution < 1.29 is 9.13 Å². The number of nitrogens with two attached hydrogens (primary N) is 2. The Bertz CT molecular complexity index is 1080. The first-order valence-corrected chi connectivity index (χ1v) is 7.34. The Hall–Kier alpha value is -3.42. The average molecular weight is 341 g/mol. The van der Waals surface area contributed by atoms with Crippen molar-refractivity contribution in [1.29, 1.82) is 5.41 Å². The Morgan fingerprint density at radius 1 is 1.32 bits per heavy atom. The molecule has 0 aliphatic carbocycles. The lowest BCUT2D eigenvalue weighted by Gasteiger charge is -2.16. The maximum absolute atomic E-state index is 13.8. The summed E-state index contributed by atoms with van der Waals surface area (Å²) < 4.78 is 19.1. The van der Waals surface area contributed by atoms with Crippen LogP contribution in [-0.4, -0.2) is 23.3 Å². The molecule has 0 amide bonds. The van der Waals surface area contributed by atoms with E-state index in [2.05, 4.69) is 9.97 Å². The van der Waals surface area contributed by atoms with Crippen LogP contribution < -0.4 is 21.8 Å². The molecule has 0 aliphatic heterocycles. The number of aryl methyl sites for hydroxylation is 1. The van der Waals surface area contributed by atoms with Crippen LogP contribution in [0, 0.1) is 18.2 Å². The maximum Gasteiger partial charge on any atom is 0.272 e. The van der Waals surface area contributed by atoms with Gasteiger partial charge in [0.2, 0.25) is 5.88 Å². The Morgan fingerprint density at radius 2 is 2.04 bits per heavy atom. The van der Waals surface area contributed by atoms with E-state index in [1.54, 1.807) is 13.1 Å². The Balaban J connectivity index is 2.60. The second-order valence-corrected chi connectivity index (χ2v) is 5.51. The Labute approximate surface area is 142 Å². The zero-order valence-corrected chi connectivity index (χ0v) is 13.6. The number of hydrogen-bond donors (Lipinski definition) is 4. The van der Waals surface area contributed by atoms with Gasteiger partial charge in [-0.05, 0) is 24.1 Å². The number of rotatable bonds is 3. The van der Waals surface area contributed by atoms with E-state index >= 15 is 0 Å². The molecule has 2 heterocycles. The van der Waals surface area contributed by atoms with Gasteiger partial charge in [0.15, 0.2) is 0 Å². The average Bonchev–Trinajstić information content (AvgIpc) is 2.60. The van der Waals surface area contributed by atoms with Crippen LogP contribution in [0.25, 0.3) is 22.0 Å². The zero-order valence-electron chi connectivity index (χ0n) is 13.6. The van der Waals surface area contributed by atoms with Gasteiger partial charge in [-0.1, -0.05) is 6.07 Å². The predicted octanol–water partition coefficient (Wildman–Crippen LogP) is 2.21. The fraction of sp³-hybridized carbons (Fsp3) is 0.118. The molecule has 1 aromatic carbocycles. The molecule has 0 saturated heterocycles. The molecule has 0 fully saturated rings. The third kappa shape index (κ3) is 2.38. The van der Waals surface area contributed by atoms with E-state index < -0.39 is 11.4 Å². The number of ether oxygens (including phenoxy) is 1. The molecule has 128 valence electrons. The van der Waals surface area contributed by atoms with Crippen LogP contribution in [0.15, 0.2) is 23.1 Å². The van der Waals surface area contributed by atoms with E-state index in [1.807, 2.05) is 0 Å². The standard InChI is InChI=1S/C17H16FN5O2/c1-7-6-22-17(25-2)12-11(14(21)16(24)23-15(7)12)8-3-4-10(18)13(20)9(8)5-19/h3-6,19H,20-21H2,1-2H3,(H,23,24). The second kappa shape index (κ2) is 5.90. The number of anilines is 2. The van der Waals surface area contributed by atoms with Crippen LogP contribution in [0.3, 0.4) is 0 Å². The van der Waals surface area contributed by atoms with Gasteiger partial charge in [-0.2, -0.15) is 0 Å². The van der Waals surface area contributed by atoms with Crippen LogP contribution in [-0.2, 0) is 0 Å². The van der Waals surface area contributed by atoms with Crippen molar-refractivity contribution in [2.75, 3.05) is 18.6 Å². The van der Waals surface area contributed by atoms with E-state index in [1.165, 1.54) is 19.2 Å². The number of benzene rings is 1. The van der Waals surface area contributed by atoms with Crippen LogP contribution >= 0.6 is 0 Å². The minimum atomic E-state index is -0.656. The smallest absolute Gasteiger partial charge is 0.272 e. The number of fused-ring (bicyclic) bond motifs is 1. The summed E-state index contributed by atoms with van der Waals surface area (Å²) in [4.78, 5) is 19.3. The normalized spacial score (nSPS) is 10.8. The summed E-state index contributed by atoms with van der Waals surface area (Å²) >= 11 is 0. The largest absolute Gasteiger partial charge is 0.480 e. The van der Waals surface area contributed by atoms with Gasteiger partial charge in [-0.25, -0.2) is 9.37 Å². The summed E-state index contributed by atoms with van der Waals surface area (Å²) in [6.45, 7) is 1.78. The molecular weight excluding hydrogens is 325 g/mol. The highest BCUT2D eigenvalue weighted by atomic mass is 19.1. The number of nitrogens with zero attached hydrogens (tertiary/aromatic N) is 1. The molecule has 0 atom stereocenters. The maximum atomic E-state index is 13.8. The highest BCUT2D eigenvalue weighted by Gasteiger charge is 2.21. The van der Waals surface area contributed by atoms with Crippen molar-refractivity contribution in [2.45, 2.75) is 6.92 Å². The molecule has 25 heavy (non-hydrogen) atoms. The molecule has 0 radical (unpaired) electrons. The van der Waals surface area contributed by atoms with Crippen molar-refractivity contribution in [3.8, 4) is 17.0 Å². The summed E-state index contributed by atoms with van der Waals surface area (Å²) in [5.41, 5.74) is 13.0. The monoisotopic (exact) mass is 341 g/mol. The molecular formula is C17H16FN5O2. The minimum absolute atomic E-state index is 0.0905. The number of methoxy groups -OCH3 is 1. The van der Waals surface area contributed by atoms with E-state index in [0.717, 1.165) is 6.21 Å². The quantitative estimate of drug-likeness (QED) is 0.428. The molecule has 3 rings (SSSR count). The summed E-state index contributed by atoms with van der Waals surface area (Å²) in [5, 5.41) is 8.07. The van der Waals surface area contributed by atoms with Crippen molar-refractivity contribution in [3.63, 3.8) is 0 Å². The third-order valence-corrected chi connectivity index (χ3v) is 4.08. The van der Waals surface area contributed by atoms with Gasteiger partial charge in [0.1, 0.15) is 11.5 Å². The molecule has 0 bridgehead atoms. The number of hydrogen-bond acceptors (Lipinski definition) is 6. The van der Waals surface area contributed by atoms with Crippen LogP contribution in [0.4, 0.5) is 15.8 Å². The molecule has 8 heteroatoms. The number of pyridine rings is 2. The van der Waals surface area contributed by atoms with Crippen molar-refractivity contribution in [2.24, 2.45) is 0 Å². The summed E-state index contributed by atoms with van der Waals surface area (Å²) in [6.07, 6.45) is 2.49. The first kappa shape index (κ1) is 16.4. The Morgan fingerprint density at radius 3 is 2.68 bits per heavy atom. The van der Waals surface area contributed by atoms with E-state index in [9.17, 15) is 9.18 Å². The highest BCUT2D eigenvalue weighted by molar-refractivity contribution is 6.08. The first-order valence-electron chi connectivity index (χ1n) is 7.34. The minimum Gasteiger partial charge on any atom is -0.480 e. The molecule has 3 aromatic rings. The third-order valence-electron chi connectivity index (χ3n) is 4.08. The summed E-state index contributed by atoms with van der Waals surface area (Å²) in [7, 11) is 1.44. The molecule has 0 unspecified atom stereocenters. The summed E-state index contributed by atoms with van der Waals surface area (Å²) in [6, 6.07) is 2.60. The lowest BCUT2D eigenvalue weighted by molar-refractivity contribution is 0.403. The zero-order chi connectivity index (χ0) is 18.3. The molecule has 0 aliphatic rings. The van der Waals surface area contributed by atoms with E-state index in [0.29, 0.717) is 27.6 Å². The van der Waals surface area contributed by atoms with Gasteiger partial charge in [0.25, 0.3) is 5.56 Å². The predicted molar refractivity (Wildman–Crippen MR) is 95.8 cm³/mol. The van der Waals surface area contributed by atoms with Crippen LogP contribution in [0.1, 0.15) is 11.1 Å². The van der Waals surface area contributed by atoms with Gasteiger partial charge in [0, 0.05) is 23.5 Å². The molecule has 6 N–H and O–H groups in total. The van der Waals surface area contributed by atoms with E-state index in [4.69, 9.17) is 21.6 Å². The van der Waals surface area contributed by atoms with Gasteiger partial charge in [-0.3, -0.25) is 4.79 Å². The number of aromatic amines is 1. The fourth-order valence-electron chi connectivity index (χ4n) is 2.83. The van der Waals surface area contributed by atoms with Crippen molar-refractivity contribution >= 4 is 28.5 Å². The molecule has 2 aromatic heterocycles.